The van der Waals surface area contributed by atoms with E-state index in [0.29, 0.717) is 0 Å². The molecule has 0 radical (unpaired) electrons. The van der Waals surface area contributed by atoms with Crippen molar-refractivity contribution in [2.45, 2.75) is 44.6 Å². The van der Waals surface area contributed by atoms with Crippen LogP contribution in [0.5, 0.6) is 0 Å². The van der Waals surface area contributed by atoms with E-state index in [1.165, 1.54) is 12.5 Å². The maximum absolute atomic E-state index is 13.4. The lowest BCUT2D eigenvalue weighted by Crippen LogP contribution is -2.25. The van der Waals surface area contributed by atoms with E-state index >= 15 is 0 Å². The normalized spacial score (nSPS) is 19.2. The fourth-order valence-electron chi connectivity index (χ4n) is 2.61. The monoisotopic (exact) mass is 240 g/mol. The zero-order valence-corrected chi connectivity index (χ0v) is 9.83. The highest BCUT2D eigenvalue weighted by Gasteiger charge is 2.22. The van der Waals surface area contributed by atoms with Crippen molar-refractivity contribution in [3.63, 3.8) is 0 Å². The minimum atomic E-state index is -0.549. The Morgan fingerprint density at radius 2 is 1.88 bits per heavy atom. The first-order valence-corrected chi connectivity index (χ1v) is 6.29. The smallest absolute Gasteiger partial charge is 0.126 e. The molecular formula is C14H18F2O. The third kappa shape index (κ3) is 3.25. The van der Waals surface area contributed by atoms with E-state index in [-0.39, 0.29) is 17.9 Å². The predicted molar refractivity (Wildman–Crippen MR) is 62.6 cm³/mol. The summed E-state index contributed by atoms with van der Waals surface area (Å²) in [6.45, 7) is 0. The Bertz CT molecular complexity index is 372. The zero-order valence-electron chi connectivity index (χ0n) is 9.83. The van der Waals surface area contributed by atoms with Crippen molar-refractivity contribution in [3.05, 3.63) is 35.4 Å². The highest BCUT2D eigenvalue weighted by atomic mass is 19.1. The van der Waals surface area contributed by atoms with E-state index in [2.05, 4.69) is 0 Å². The minimum absolute atomic E-state index is 0.217. The summed E-state index contributed by atoms with van der Waals surface area (Å²) in [5.41, 5.74) is 0.281. The lowest BCUT2D eigenvalue weighted by Gasteiger charge is -2.26. The summed E-state index contributed by atoms with van der Waals surface area (Å²) >= 11 is 0. The van der Waals surface area contributed by atoms with Gasteiger partial charge in [0.15, 0.2) is 0 Å². The van der Waals surface area contributed by atoms with Gasteiger partial charge in [-0.05, 0) is 42.5 Å². The molecule has 1 aromatic carbocycles. The van der Waals surface area contributed by atoms with Crippen molar-refractivity contribution in [1.29, 1.82) is 0 Å². The number of halogens is 2. The summed E-state index contributed by atoms with van der Waals surface area (Å²) in [5.74, 6) is -0.634. The van der Waals surface area contributed by atoms with Crippen LogP contribution >= 0.6 is 0 Å². The fourth-order valence-corrected chi connectivity index (χ4v) is 2.61. The van der Waals surface area contributed by atoms with Gasteiger partial charge in [-0.3, -0.25) is 0 Å². The molecule has 0 aromatic heterocycles. The Morgan fingerprint density at radius 3 is 2.59 bits per heavy atom. The Morgan fingerprint density at radius 1 is 1.18 bits per heavy atom. The van der Waals surface area contributed by atoms with E-state index in [9.17, 15) is 13.9 Å². The van der Waals surface area contributed by atoms with Crippen LogP contribution in [0.4, 0.5) is 8.78 Å². The van der Waals surface area contributed by atoms with Gasteiger partial charge in [-0.1, -0.05) is 19.3 Å². The third-order valence-electron chi connectivity index (χ3n) is 3.63. The molecule has 17 heavy (non-hydrogen) atoms. The van der Waals surface area contributed by atoms with E-state index in [1.807, 2.05) is 0 Å². The zero-order chi connectivity index (χ0) is 12.3. The number of aliphatic hydroxyl groups excluding tert-OH is 1. The summed E-state index contributed by atoms with van der Waals surface area (Å²) in [6, 6.07) is 3.41. The maximum atomic E-state index is 13.4. The molecule has 1 aromatic rings. The molecule has 0 spiro atoms. The van der Waals surface area contributed by atoms with Gasteiger partial charge in [-0.15, -0.1) is 0 Å². The standard InChI is InChI=1S/C14H18F2O/c15-12-6-7-13(16)11(8-12)9-14(17)10-4-2-1-3-5-10/h6-8,10,14,17H,1-5,9H2. The molecule has 1 atom stereocenters. The van der Waals surface area contributed by atoms with E-state index < -0.39 is 17.7 Å². The first kappa shape index (κ1) is 12.5. The minimum Gasteiger partial charge on any atom is -0.392 e. The number of hydrogen-bond donors (Lipinski definition) is 1. The van der Waals surface area contributed by atoms with Crippen molar-refractivity contribution < 1.29 is 13.9 Å². The molecule has 3 heteroatoms. The second-order valence-corrected chi connectivity index (χ2v) is 4.91. The molecule has 1 saturated carbocycles. The van der Waals surface area contributed by atoms with Gasteiger partial charge in [0.25, 0.3) is 0 Å². The van der Waals surface area contributed by atoms with Crippen LogP contribution in [0.2, 0.25) is 0 Å². The fraction of sp³-hybridized carbons (Fsp3) is 0.571. The van der Waals surface area contributed by atoms with Crippen LogP contribution in [-0.4, -0.2) is 11.2 Å². The van der Waals surface area contributed by atoms with Crippen molar-refractivity contribution in [1.82, 2.24) is 0 Å². The van der Waals surface area contributed by atoms with Gasteiger partial charge >= 0.3 is 0 Å². The summed E-state index contributed by atoms with van der Waals surface area (Å²) in [7, 11) is 0. The first-order valence-electron chi connectivity index (χ1n) is 6.29. The van der Waals surface area contributed by atoms with E-state index in [4.69, 9.17) is 0 Å². The summed E-state index contributed by atoms with van der Waals surface area (Å²) in [6.07, 6.45) is 5.15. The molecule has 2 rings (SSSR count). The van der Waals surface area contributed by atoms with Gasteiger partial charge < -0.3 is 5.11 Å². The van der Waals surface area contributed by atoms with Gasteiger partial charge in [0.1, 0.15) is 11.6 Å². The predicted octanol–water partition coefficient (Wildman–Crippen LogP) is 3.45. The van der Waals surface area contributed by atoms with E-state index in [1.54, 1.807) is 0 Å². The lowest BCUT2D eigenvalue weighted by atomic mass is 9.83. The second-order valence-electron chi connectivity index (χ2n) is 4.91. The molecule has 1 nitrogen and oxygen atoms in total. The Kier molecular flexibility index (Phi) is 4.11. The van der Waals surface area contributed by atoms with Crippen LogP contribution in [0.1, 0.15) is 37.7 Å². The highest BCUT2D eigenvalue weighted by Crippen LogP contribution is 2.28. The summed E-state index contributed by atoms with van der Waals surface area (Å²) in [5, 5.41) is 10.1. The molecule has 0 aliphatic heterocycles. The number of rotatable bonds is 3. The molecule has 1 unspecified atom stereocenters. The van der Waals surface area contributed by atoms with Crippen molar-refractivity contribution in [2.75, 3.05) is 0 Å². The van der Waals surface area contributed by atoms with Gasteiger partial charge in [-0.25, -0.2) is 8.78 Å². The molecule has 1 aliphatic rings. The number of hydrogen-bond acceptors (Lipinski definition) is 1. The molecule has 0 bridgehead atoms. The lowest BCUT2D eigenvalue weighted by molar-refractivity contribution is 0.0843. The Labute approximate surface area is 100 Å². The van der Waals surface area contributed by atoms with E-state index in [0.717, 1.165) is 37.8 Å². The number of aliphatic hydroxyl groups is 1. The van der Waals surface area contributed by atoms with Crippen molar-refractivity contribution in [3.8, 4) is 0 Å². The molecule has 94 valence electrons. The van der Waals surface area contributed by atoms with Gasteiger partial charge in [0.05, 0.1) is 6.10 Å². The Balaban J connectivity index is 2.01. The van der Waals surface area contributed by atoms with Crippen LogP contribution in [0, 0.1) is 17.6 Å². The van der Waals surface area contributed by atoms with Crippen LogP contribution < -0.4 is 0 Å². The average Bonchev–Trinajstić information content (AvgIpc) is 2.35. The van der Waals surface area contributed by atoms with Crippen molar-refractivity contribution in [2.24, 2.45) is 5.92 Å². The molecule has 1 fully saturated rings. The van der Waals surface area contributed by atoms with Crippen molar-refractivity contribution >= 4 is 0 Å². The largest absolute Gasteiger partial charge is 0.392 e. The average molecular weight is 240 g/mol. The van der Waals surface area contributed by atoms with Crippen LogP contribution in [-0.2, 0) is 6.42 Å². The maximum Gasteiger partial charge on any atom is 0.126 e. The highest BCUT2D eigenvalue weighted by molar-refractivity contribution is 5.19. The molecule has 0 saturated heterocycles. The third-order valence-corrected chi connectivity index (χ3v) is 3.63. The summed E-state index contributed by atoms with van der Waals surface area (Å²) < 4.78 is 26.4. The van der Waals surface area contributed by atoms with Crippen LogP contribution in [0.3, 0.4) is 0 Å². The summed E-state index contributed by atoms with van der Waals surface area (Å²) in [4.78, 5) is 0. The van der Waals surface area contributed by atoms with Crippen LogP contribution in [0.15, 0.2) is 18.2 Å². The SMILES string of the molecule is OC(Cc1cc(F)ccc1F)C1CCCCC1. The molecular weight excluding hydrogens is 222 g/mol. The number of benzene rings is 1. The van der Waals surface area contributed by atoms with Gasteiger partial charge in [-0.2, -0.15) is 0 Å². The Hall–Kier alpha value is -0.960. The second kappa shape index (κ2) is 5.58. The molecule has 0 heterocycles. The quantitative estimate of drug-likeness (QED) is 0.858. The van der Waals surface area contributed by atoms with Gasteiger partial charge in [0, 0.05) is 6.42 Å². The molecule has 1 N–H and O–H groups in total. The topological polar surface area (TPSA) is 20.2 Å². The molecule has 0 amide bonds. The first-order chi connectivity index (χ1) is 8.16. The van der Waals surface area contributed by atoms with Crippen LogP contribution in [0.25, 0.3) is 0 Å². The van der Waals surface area contributed by atoms with Gasteiger partial charge in [0.2, 0.25) is 0 Å². The molecule has 1 aliphatic carbocycles.